The molecule has 0 aliphatic rings. The summed E-state index contributed by atoms with van der Waals surface area (Å²) in [6, 6.07) is 13.8. The summed E-state index contributed by atoms with van der Waals surface area (Å²) in [4.78, 5) is 11.9. The van der Waals surface area contributed by atoms with Gasteiger partial charge in [-0.05, 0) is 24.3 Å². The molecule has 2 aromatic rings. The number of hydrogen-bond donors (Lipinski definition) is 1. The van der Waals surface area contributed by atoms with Crippen LogP contribution in [0.15, 0.2) is 48.5 Å². The summed E-state index contributed by atoms with van der Waals surface area (Å²) in [5.41, 5.74) is 6.77. The predicted molar refractivity (Wildman–Crippen MR) is 70.7 cm³/mol. The van der Waals surface area contributed by atoms with E-state index in [1.54, 1.807) is 36.4 Å². The van der Waals surface area contributed by atoms with E-state index in [2.05, 4.69) is 0 Å². The predicted octanol–water partition coefficient (Wildman–Crippen LogP) is 3.02. The molecule has 0 bridgehead atoms. The number of para-hydroxylation sites is 1. The highest BCUT2D eigenvalue weighted by atomic mass is 35.5. The second-order valence-corrected chi connectivity index (χ2v) is 4.15. The number of carbonyl (C=O) groups is 1. The molecule has 0 unspecified atom stereocenters. The highest BCUT2D eigenvalue weighted by Gasteiger charge is 2.10. The molecule has 3 nitrogen and oxygen atoms in total. The van der Waals surface area contributed by atoms with Gasteiger partial charge < -0.3 is 10.5 Å². The van der Waals surface area contributed by atoms with Crippen molar-refractivity contribution in [1.29, 1.82) is 0 Å². The van der Waals surface area contributed by atoms with Gasteiger partial charge in [-0.3, -0.25) is 0 Å². The van der Waals surface area contributed by atoms with Crippen LogP contribution in [0.25, 0.3) is 0 Å². The lowest BCUT2D eigenvalue weighted by Gasteiger charge is -2.08. The zero-order chi connectivity index (χ0) is 13.0. The molecule has 0 aliphatic heterocycles. The minimum atomic E-state index is -0.446. The topological polar surface area (TPSA) is 52.3 Å². The fourth-order valence-corrected chi connectivity index (χ4v) is 1.74. The molecule has 0 heterocycles. The number of carbonyl (C=O) groups excluding carboxylic acids is 1. The number of nitrogens with two attached hydrogens (primary N) is 1. The molecular formula is C14H12ClNO2. The minimum Gasteiger partial charge on any atom is -0.423 e. The molecule has 0 saturated heterocycles. The van der Waals surface area contributed by atoms with Crippen molar-refractivity contribution in [2.45, 2.75) is 6.54 Å². The fraction of sp³-hybridized carbons (Fsp3) is 0.0714. The van der Waals surface area contributed by atoms with Crippen LogP contribution < -0.4 is 10.5 Å². The van der Waals surface area contributed by atoms with Crippen molar-refractivity contribution in [3.05, 3.63) is 64.7 Å². The van der Waals surface area contributed by atoms with Gasteiger partial charge in [-0.25, -0.2) is 4.79 Å². The van der Waals surface area contributed by atoms with Gasteiger partial charge >= 0.3 is 5.97 Å². The summed E-state index contributed by atoms with van der Waals surface area (Å²) in [5, 5.41) is 0.497. The molecule has 4 heteroatoms. The maximum absolute atomic E-state index is 11.9. The van der Waals surface area contributed by atoms with Gasteiger partial charge in [0.15, 0.2) is 0 Å². The van der Waals surface area contributed by atoms with Crippen molar-refractivity contribution < 1.29 is 9.53 Å². The van der Waals surface area contributed by atoms with Crippen molar-refractivity contribution in [3.63, 3.8) is 0 Å². The number of halogens is 1. The Hall–Kier alpha value is -1.84. The third-order valence-electron chi connectivity index (χ3n) is 2.46. The molecular weight excluding hydrogens is 250 g/mol. The number of benzene rings is 2. The van der Waals surface area contributed by atoms with Crippen LogP contribution in [0.4, 0.5) is 0 Å². The van der Waals surface area contributed by atoms with E-state index in [1.807, 2.05) is 12.1 Å². The van der Waals surface area contributed by atoms with E-state index in [1.165, 1.54) is 0 Å². The lowest BCUT2D eigenvalue weighted by molar-refractivity contribution is 0.0733. The van der Waals surface area contributed by atoms with Crippen LogP contribution in [0.5, 0.6) is 5.75 Å². The van der Waals surface area contributed by atoms with E-state index in [0.29, 0.717) is 22.9 Å². The van der Waals surface area contributed by atoms with Crippen molar-refractivity contribution >= 4 is 17.6 Å². The number of esters is 1. The Labute approximate surface area is 110 Å². The number of ether oxygens (including phenoxy) is 1. The van der Waals surface area contributed by atoms with Crippen LogP contribution in [-0.2, 0) is 6.54 Å². The van der Waals surface area contributed by atoms with Crippen LogP contribution in [0.3, 0.4) is 0 Å². The summed E-state index contributed by atoms with van der Waals surface area (Å²) in [6.07, 6.45) is 0. The first-order valence-corrected chi connectivity index (χ1v) is 5.84. The summed E-state index contributed by atoms with van der Waals surface area (Å²) < 4.78 is 5.30. The highest BCUT2D eigenvalue weighted by Crippen LogP contribution is 2.19. The lowest BCUT2D eigenvalue weighted by atomic mass is 10.2. The molecule has 0 aliphatic carbocycles. The van der Waals surface area contributed by atoms with Gasteiger partial charge in [-0.15, -0.1) is 0 Å². The fourth-order valence-electron chi connectivity index (χ4n) is 1.55. The molecule has 0 saturated carbocycles. The summed E-state index contributed by atoms with van der Waals surface area (Å²) in [5.74, 6) is 0.0309. The maximum Gasteiger partial charge on any atom is 0.343 e. The van der Waals surface area contributed by atoms with Gasteiger partial charge in [0.1, 0.15) is 5.75 Å². The van der Waals surface area contributed by atoms with E-state index < -0.39 is 5.97 Å². The Bertz CT molecular complexity index is 569. The molecule has 0 aromatic heterocycles. The molecule has 2 aromatic carbocycles. The Morgan fingerprint density at radius 1 is 1.17 bits per heavy atom. The largest absolute Gasteiger partial charge is 0.423 e. The van der Waals surface area contributed by atoms with Crippen LogP contribution in [0.2, 0.25) is 5.02 Å². The van der Waals surface area contributed by atoms with Crippen LogP contribution >= 0.6 is 11.6 Å². The van der Waals surface area contributed by atoms with E-state index in [9.17, 15) is 4.79 Å². The second-order valence-electron chi connectivity index (χ2n) is 3.71. The zero-order valence-corrected chi connectivity index (χ0v) is 10.4. The third-order valence-corrected chi connectivity index (χ3v) is 2.69. The first kappa shape index (κ1) is 12.6. The quantitative estimate of drug-likeness (QED) is 0.683. The van der Waals surface area contributed by atoms with Crippen molar-refractivity contribution in [2.75, 3.05) is 0 Å². The first-order chi connectivity index (χ1) is 8.70. The maximum atomic E-state index is 11.9. The van der Waals surface area contributed by atoms with Crippen LogP contribution in [0, 0.1) is 0 Å². The third kappa shape index (κ3) is 2.88. The average Bonchev–Trinajstić information content (AvgIpc) is 2.39. The molecule has 2 rings (SSSR count). The molecule has 0 atom stereocenters. The van der Waals surface area contributed by atoms with Crippen molar-refractivity contribution in [1.82, 2.24) is 0 Å². The van der Waals surface area contributed by atoms with E-state index >= 15 is 0 Å². The standard InChI is InChI=1S/C14H12ClNO2/c15-12-6-3-5-10(8-12)14(17)18-13-7-2-1-4-11(13)9-16/h1-8H,9,16H2. The smallest absolute Gasteiger partial charge is 0.343 e. The SMILES string of the molecule is NCc1ccccc1OC(=O)c1cccc(Cl)c1. The van der Waals surface area contributed by atoms with Gasteiger partial charge in [-0.1, -0.05) is 35.9 Å². The summed E-state index contributed by atoms with van der Waals surface area (Å²) >= 11 is 5.82. The first-order valence-electron chi connectivity index (χ1n) is 5.46. The zero-order valence-electron chi connectivity index (χ0n) is 9.60. The molecule has 0 amide bonds. The van der Waals surface area contributed by atoms with E-state index in [4.69, 9.17) is 22.1 Å². The average molecular weight is 262 g/mol. The molecule has 0 radical (unpaired) electrons. The highest BCUT2D eigenvalue weighted by molar-refractivity contribution is 6.30. The van der Waals surface area contributed by atoms with Gasteiger partial charge in [-0.2, -0.15) is 0 Å². The Morgan fingerprint density at radius 2 is 1.94 bits per heavy atom. The van der Waals surface area contributed by atoms with Gasteiger partial charge in [0.05, 0.1) is 5.56 Å². The van der Waals surface area contributed by atoms with Gasteiger partial charge in [0.25, 0.3) is 0 Å². The number of hydrogen-bond acceptors (Lipinski definition) is 3. The minimum absolute atomic E-state index is 0.318. The van der Waals surface area contributed by atoms with Crippen molar-refractivity contribution in [3.8, 4) is 5.75 Å². The van der Waals surface area contributed by atoms with E-state index in [-0.39, 0.29) is 0 Å². The summed E-state index contributed by atoms with van der Waals surface area (Å²) in [7, 11) is 0. The molecule has 0 spiro atoms. The molecule has 2 N–H and O–H groups in total. The van der Waals surface area contributed by atoms with Gasteiger partial charge in [0.2, 0.25) is 0 Å². The van der Waals surface area contributed by atoms with E-state index in [0.717, 1.165) is 5.56 Å². The van der Waals surface area contributed by atoms with Crippen LogP contribution in [0.1, 0.15) is 15.9 Å². The monoisotopic (exact) mass is 261 g/mol. The molecule has 18 heavy (non-hydrogen) atoms. The molecule has 92 valence electrons. The molecule has 0 fully saturated rings. The lowest BCUT2D eigenvalue weighted by Crippen LogP contribution is -2.10. The van der Waals surface area contributed by atoms with Gasteiger partial charge in [0, 0.05) is 17.1 Å². The second kappa shape index (κ2) is 5.67. The Morgan fingerprint density at radius 3 is 2.67 bits per heavy atom. The number of rotatable bonds is 3. The normalized spacial score (nSPS) is 10.1. The Kier molecular flexibility index (Phi) is 3.97. The summed E-state index contributed by atoms with van der Waals surface area (Å²) in [6.45, 7) is 0.318. The Balaban J connectivity index is 2.21. The van der Waals surface area contributed by atoms with Crippen molar-refractivity contribution in [2.24, 2.45) is 5.73 Å². The van der Waals surface area contributed by atoms with Crippen LogP contribution in [-0.4, -0.2) is 5.97 Å².